The van der Waals surface area contributed by atoms with Crippen LogP contribution in [0.1, 0.15) is 11.1 Å². The van der Waals surface area contributed by atoms with Crippen molar-refractivity contribution in [3.8, 4) is 0 Å². The first-order valence-corrected chi connectivity index (χ1v) is 5.38. The van der Waals surface area contributed by atoms with Gasteiger partial charge in [0.1, 0.15) is 0 Å². The fraction of sp³-hybridized carbons (Fsp3) is 0.231. The van der Waals surface area contributed by atoms with E-state index < -0.39 is 0 Å². The third-order valence-electron chi connectivity index (χ3n) is 3.02. The molecule has 2 aromatic rings. The minimum atomic E-state index is 0.554. The fourth-order valence-electron chi connectivity index (χ4n) is 2.31. The Morgan fingerprint density at radius 1 is 1.07 bits per heavy atom. The van der Waals surface area contributed by atoms with Crippen molar-refractivity contribution in [3.63, 3.8) is 0 Å². The Hall–Kier alpha value is -1.70. The molecule has 2 heteroatoms. The van der Waals surface area contributed by atoms with E-state index in [0.717, 1.165) is 12.8 Å². The predicted molar refractivity (Wildman–Crippen MR) is 62.1 cm³/mol. The van der Waals surface area contributed by atoms with Gasteiger partial charge in [-0.05, 0) is 30.0 Å². The molecule has 15 heavy (non-hydrogen) atoms. The molecule has 0 bridgehead atoms. The molecule has 0 amide bonds. The van der Waals surface area contributed by atoms with Gasteiger partial charge in [0.15, 0.2) is 0 Å². The van der Waals surface area contributed by atoms with Gasteiger partial charge in [-0.2, -0.15) is 0 Å². The van der Waals surface area contributed by atoms with Crippen molar-refractivity contribution in [2.45, 2.75) is 18.9 Å². The maximum atomic E-state index is 3.54. The summed E-state index contributed by atoms with van der Waals surface area (Å²) in [4.78, 5) is 3.06. The van der Waals surface area contributed by atoms with E-state index in [1.54, 1.807) is 0 Å². The predicted octanol–water partition coefficient (Wildman–Crippen LogP) is 2.59. The van der Waals surface area contributed by atoms with Crippen molar-refractivity contribution >= 4 is 5.69 Å². The molecule has 0 unspecified atom stereocenters. The summed E-state index contributed by atoms with van der Waals surface area (Å²) in [5.74, 6) is 0. The van der Waals surface area contributed by atoms with E-state index in [-0.39, 0.29) is 0 Å². The average molecular weight is 198 g/mol. The third-order valence-corrected chi connectivity index (χ3v) is 3.02. The molecular weight excluding hydrogens is 184 g/mol. The minimum absolute atomic E-state index is 0.554. The van der Waals surface area contributed by atoms with E-state index in [2.05, 4.69) is 40.6 Å². The van der Waals surface area contributed by atoms with Crippen LogP contribution in [0.4, 0.5) is 5.69 Å². The number of nitrogens with one attached hydrogen (secondary N) is 2. The Balaban J connectivity index is 1.74. The zero-order chi connectivity index (χ0) is 10.1. The largest absolute Gasteiger partial charge is 0.380 e. The molecule has 1 heterocycles. The van der Waals surface area contributed by atoms with Crippen LogP contribution in [-0.4, -0.2) is 11.0 Å². The van der Waals surface area contributed by atoms with Gasteiger partial charge < -0.3 is 10.3 Å². The van der Waals surface area contributed by atoms with Crippen LogP contribution >= 0.6 is 0 Å². The van der Waals surface area contributed by atoms with Gasteiger partial charge in [0.25, 0.3) is 0 Å². The zero-order valence-electron chi connectivity index (χ0n) is 8.53. The van der Waals surface area contributed by atoms with Crippen molar-refractivity contribution < 1.29 is 0 Å². The molecular formula is C13H14N2. The van der Waals surface area contributed by atoms with Crippen molar-refractivity contribution in [2.75, 3.05) is 5.32 Å². The quantitative estimate of drug-likeness (QED) is 0.762. The minimum Gasteiger partial charge on any atom is -0.380 e. The lowest BCUT2D eigenvalue weighted by atomic mass is 10.1. The standard InChI is InChI=1S/C13H14N2/c1-2-4-11-8-13(7-10(11)3-1)15-12-5-6-14-9-12/h1-6,9,13-15H,7-8H2. The van der Waals surface area contributed by atoms with Gasteiger partial charge in [0.05, 0.1) is 5.69 Å². The van der Waals surface area contributed by atoms with Crippen LogP contribution in [0.5, 0.6) is 0 Å². The molecule has 3 rings (SSSR count). The normalized spacial score (nSPS) is 15.2. The molecule has 0 saturated heterocycles. The highest BCUT2D eigenvalue weighted by molar-refractivity contribution is 5.45. The van der Waals surface area contributed by atoms with E-state index in [9.17, 15) is 0 Å². The summed E-state index contributed by atoms with van der Waals surface area (Å²) in [6, 6.07) is 11.3. The molecule has 0 radical (unpaired) electrons. The van der Waals surface area contributed by atoms with Crippen LogP contribution in [-0.2, 0) is 12.8 Å². The molecule has 2 nitrogen and oxygen atoms in total. The van der Waals surface area contributed by atoms with Gasteiger partial charge in [0, 0.05) is 18.4 Å². The molecule has 0 atom stereocenters. The lowest BCUT2D eigenvalue weighted by molar-refractivity contribution is 0.774. The number of aromatic amines is 1. The second kappa shape index (κ2) is 3.46. The van der Waals surface area contributed by atoms with Crippen molar-refractivity contribution in [1.82, 2.24) is 4.98 Å². The Kier molecular flexibility index (Phi) is 1.98. The zero-order valence-corrected chi connectivity index (χ0v) is 8.53. The second-order valence-electron chi connectivity index (χ2n) is 4.12. The highest BCUT2D eigenvalue weighted by Crippen LogP contribution is 2.24. The highest BCUT2D eigenvalue weighted by Gasteiger charge is 2.20. The Bertz CT molecular complexity index is 418. The summed E-state index contributed by atoms with van der Waals surface area (Å²) in [7, 11) is 0. The fourth-order valence-corrected chi connectivity index (χ4v) is 2.31. The van der Waals surface area contributed by atoms with Crippen LogP contribution in [0.2, 0.25) is 0 Å². The van der Waals surface area contributed by atoms with E-state index in [4.69, 9.17) is 0 Å². The van der Waals surface area contributed by atoms with Crippen molar-refractivity contribution in [3.05, 3.63) is 53.9 Å². The molecule has 1 aliphatic carbocycles. The van der Waals surface area contributed by atoms with Gasteiger partial charge in [-0.3, -0.25) is 0 Å². The smallest absolute Gasteiger partial charge is 0.0520 e. The van der Waals surface area contributed by atoms with Gasteiger partial charge in [-0.25, -0.2) is 0 Å². The first-order valence-electron chi connectivity index (χ1n) is 5.38. The number of hydrogen-bond donors (Lipinski definition) is 2. The van der Waals surface area contributed by atoms with Crippen LogP contribution in [0, 0.1) is 0 Å². The first kappa shape index (κ1) is 8.60. The van der Waals surface area contributed by atoms with Gasteiger partial charge >= 0.3 is 0 Å². The SMILES string of the molecule is c1ccc2c(c1)CC(Nc1cc[nH]c1)C2. The van der Waals surface area contributed by atoms with Gasteiger partial charge in [0.2, 0.25) is 0 Å². The molecule has 76 valence electrons. The number of H-pyrrole nitrogens is 1. The van der Waals surface area contributed by atoms with Crippen molar-refractivity contribution in [1.29, 1.82) is 0 Å². The number of anilines is 1. The Morgan fingerprint density at radius 2 is 1.80 bits per heavy atom. The van der Waals surface area contributed by atoms with Gasteiger partial charge in [-0.1, -0.05) is 24.3 Å². The maximum Gasteiger partial charge on any atom is 0.0520 e. The summed E-state index contributed by atoms with van der Waals surface area (Å²) < 4.78 is 0. The van der Waals surface area contributed by atoms with Crippen LogP contribution in [0.25, 0.3) is 0 Å². The molecule has 1 aliphatic rings. The van der Waals surface area contributed by atoms with Gasteiger partial charge in [-0.15, -0.1) is 0 Å². The van der Waals surface area contributed by atoms with E-state index in [0.29, 0.717) is 6.04 Å². The van der Waals surface area contributed by atoms with E-state index >= 15 is 0 Å². The second-order valence-corrected chi connectivity index (χ2v) is 4.12. The molecule has 0 aliphatic heterocycles. The summed E-state index contributed by atoms with van der Waals surface area (Å²) >= 11 is 0. The summed E-state index contributed by atoms with van der Waals surface area (Å²) in [6.45, 7) is 0. The van der Waals surface area contributed by atoms with Crippen LogP contribution < -0.4 is 5.32 Å². The first-order chi connectivity index (χ1) is 7.42. The monoisotopic (exact) mass is 198 g/mol. The molecule has 0 saturated carbocycles. The summed E-state index contributed by atoms with van der Waals surface area (Å²) in [5.41, 5.74) is 4.17. The maximum absolute atomic E-state index is 3.54. The van der Waals surface area contributed by atoms with Crippen molar-refractivity contribution in [2.24, 2.45) is 0 Å². The lowest BCUT2D eigenvalue weighted by Gasteiger charge is -2.11. The van der Waals surface area contributed by atoms with E-state index in [1.807, 2.05) is 12.4 Å². The molecule has 1 aromatic heterocycles. The highest BCUT2D eigenvalue weighted by atomic mass is 14.9. The summed E-state index contributed by atoms with van der Waals surface area (Å²) in [6.07, 6.45) is 6.23. The number of benzene rings is 1. The number of aromatic nitrogens is 1. The Morgan fingerprint density at radius 3 is 2.40 bits per heavy atom. The number of fused-ring (bicyclic) bond motifs is 1. The topological polar surface area (TPSA) is 27.8 Å². The van der Waals surface area contributed by atoms with E-state index in [1.165, 1.54) is 16.8 Å². The van der Waals surface area contributed by atoms with Crippen LogP contribution in [0.15, 0.2) is 42.7 Å². The van der Waals surface area contributed by atoms with Crippen LogP contribution in [0.3, 0.4) is 0 Å². The molecule has 1 aromatic carbocycles. The lowest BCUT2D eigenvalue weighted by Crippen LogP contribution is -2.18. The average Bonchev–Trinajstić information content (AvgIpc) is 2.86. The Labute approximate surface area is 89.3 Å². The number of hydrogen-bond acceptors (Lipinski definition) is 1. The molecule has 0 spiro atoms. The summed E-state index contributed by atoms with van der Waals surface area (Å²) in [5, 5.41) is 3.54. The number of rotatable bonds is 2. The molecule has 2 N–H and O–H groups in total. The molecule has 0 fully saturated rings. The third kappa shape index (κ3) is 1.63.